The number of piperidine rings is 1. The molecule has 0 aliphatic carbocycles. The van der Waals surface area contributed by atoms with Crippen LogP contribution < -0.4 is 5.32 Å². The van der Waals surface area contributed by atoms with E-state index in [1.54, 1.807) is 7.05 Å². The maximum absolute atomic E-state index is 4.56. The Hall–Kier alpha value is -1.74. The second kappa shape index (κ2) is 5.71. The van der Waals surface area contributed by atoms with Gasteiger partial charge in [0.1, 0.15) is 0 Å². The average Bonchev–Trinajstić information content (AvgIpc) is 2.48. The molecule has 3 nitrogen and oxygen atoms in total. The van der Waals surface area contributed by atoms with Crippen LogP contribution in [-0.2, 0) is 0 Å². The van der Waals surface area contributed by atoms with E-state index >= 15 is 0 Å². The lowest BCUT2D eigenvalue weighted by molar-refractivity contribution is 0.365. The molecule has 1 saturated heterocycles. The summed E-state index contributed by atoms with van der Waals surface area (Å²) in [5.41, 5.74) is 3.58. The molecular formula is C17H21N3. The van der Waals surface area contributed by atoms with Crippen LogP contribution in [0.25, 0.3) is 10.9 Å². The summed E-state index contributed by atoms with van der Waals surface area (Å²) in [5.74, 6) is 1.32. The number of nitrogens with one attached hydrogen (secondary N) is 1. The maximum atomic E-state index is 4.56. The Morgan fingerprint density at radius 3 is 3.00 bits per heavy atom. The number of rotatable bonds is 2. The minimum Gasteiger partial charge on any atom is -0.316 e. The van der Waals surface area contributed by atoms with Gasteiger partial charge in [0.25, 0.3) is 0 Å². The average molecular weight is 267 g/mol. The number of aliphatic imine (C=N–C) groups is 1. The van der Waals surface area contributed by atoms with Gasteiger partial charge in [-0.2, -0.15) is 0 Å². The van der Waals surface area contributed by atoms with Crippen LogP contribution >= 0.6 is 0 Å². The van der Waals surface area contributed by atoms with Crippen molar-refractivity contribution in [2.45, 2.75) is 19.3 Å². The zero-order valence-corrected chi connectivity index (χ0v) is 12.1. The molecule has 0 amide bonds. The molecule has 1 aromatic carbocycles. The number of benzene rings is 1. The Bertz CT molecular complexity index is 633. The number of fused-ring (bicyclic) bond motifs is 1. The largest absolute Gasteiger partial charge is 0.316 e. The van der Waals surface area contributed by atoms with Gasteiger partial charge in [-0.3, -0.25) is 9.98 Å². The Kier molecular flexibility index (Phi) is 3.79. The fraction of sp³-hybridized carbons (Fsp3) is 0.412. The smallest absolute Gasteiger partial charge is 0.0792 e. The molecule has 0 saturated carbocycles. The molecule has 3 heteroatoms. The molecule has 2 atom stereocenters. The molecule has 0 radical (unpaired) electrons. The van der Waals surface area contributed by atoms with Crippen LogP contribution in [0.3, 0.4) is 0 Å². The van der Waals surface area contributed by atoms with E-state index in [2.05, 4.69) is 40.4 Å². The van der Waals surface area contributed by atoms with Gasteiger partial charge in [0.2, 0.25) is 0 Å². The van der Waals surface area contributed by atoms with Crippen molar-refractivity contribution in [3.05, 3.63) is 41.6 Å². The Balaban J connectivity index is 2.10. The summed E-state index contributed by atoms with van der Waals surface area (Å²) >= 11 is 0. The number of nitrogens with zero attached hydrogens (tertiary/aromatic N) is 2. The van der Waals surface area contributed by atoms with E-state index in [1.807, 2.05) is 18.5 Å². The number of hydrogen-bond donors (Lipinski definition) is 1. The van der Waals surface area contributed by atoms with E-state index in [4.69, 9.17) is 0 Å². The van der Waals surface area contributed by atoms with Crippen molar-refractivity contribution in [1.82, 2.24) is 10.3 Å². The highest BCUT2D eigenvalue weighted by Crippen LogP contribution is 2.32. The topological polar surface area (TPSA) is 37.3 Å². The molecule has 20 heavy (non-hydrogen) atoms. The summed E-state index contributed by atoms with van der Waals surface area (Å²) in [5, 5.41) is 4.81. The van der Waals surface area contributed by atoms with E-state index in [1.165, 1.54) is 17.4 Å². The van der Waals surface area contributed by atoms with Crippen molar-refractivity contribution in [2.24, 2.45) is 10.9 Å². The zero-order valence-electron chi connectivity index (χ0n) is 12.1. The molecule has 0 spiro atoms. The summed E-state index contributed by atoms with van der Waals surface area (Å²) in [6.45, 7) is 4.51. The van der Waals surface area contributed by atoms with Crippen LogP contribution in [0, 0.1) is 5.92 Å². The van der Waals surface area contributed by atoms with Crippen molar-refractivity contribution in [1.29, 1.82) is 0 Å². The van der Waals surface area contributed by atoms with Gasteiger partial charge in [0, 0.05) is 37.0 Å². The summed E-state index contributed by atoms with van der Waals surface area (Å²) in [6.07, 6.45) is 5.00. The van der Waals surface area contributed by atoms with Crippen LogP contribution in [0.1, 0.15) is 30.4 Å². The van der Waals surface area contributed by atoms with Gasteiger partial charge in [-0.05, 0) is 36.4 Å². The van der Waals surface area contributed by atoms with Crippen molar-refractivity contribution >= 4 is 17.1 Å². The predicted octanol–water partition coefficient (Wildman–Crippen LogP) is 3.00. The SMILES string of the molecule is CN=Cc1ccc(C2CNC[C@H](C)C2)c2cccnc12. The van der Waals surface area contributed by atoms with Gasteiger partial charge in [0.15, 0.2) is 0 Å². The van der Waals surface area contributed by atoms with E-state index in [9.17, 15) is 0 Å². The highest BCUT2D eigenvalue weighted by molar-refractivity contribution is 5.98. The van der Waals surface area contributed by atoms with E-state index in [0.29, 0.717) is 5.92 Å². The van der Waals surface area contributed by atoms with Gasteiger partial charge in [-0.25, -0.2) is 0 Å². The summed E-state index contributed by atoms with van der Waals surface area (Å²) in [7, 11) is 1.80. The normalized spacial score (nSPS) is 23.5. The van der Waals surface area contributed by atoms with Crippen molar-refractivity contribution in [2.75, 3.05) is 20.1 Å². The Morgan fingerprint density at radius 2 is 2.20 bits per heavy atom. The van der Waals surface area contributed by atoms with Crippen molar-refractivity contribution in [3.8, 4) is 0 Å². The van der Waals surface area contributed by atoms with Crippen LogP contribution in [-0.4, -0.2) is 31.3 Å². The minimum absolute atomic E-state index is 0.582. The molecular weight excluding hydrogens is 246 g/mol. The zero-order chi connectivity index (χ0) is 13.9. The van der Waals surface area contributed by atoms with Crippen molar-refractivity contribution < 1.29 is 0 Å². The maximum Gasteiger partial charge on any atom is 0.0792 e. The lowest BCUT2D eigenvalue weighted by atomic mass is 9.84. The third kappa shape index (κ3) is 2.46. The number of pyridine rings is 1. The monoisotopic (exact) mass is 267 g/mol. The summed E-state index contributed by atoms with van der Waals surface area (Å²) in [6, 6.07) is 8.62. The standard InChI is InChI=1S/C17H21N3/c1-12-8-14(11-19-9-12)15-6-5-13(10-18-2)17-16(15)4-3-7-20-17/h3-7,10,12,14,19H,8-9,11H2,1-2H3/t12-,14?/m1/s1. The lowest BCUT2D eigenvalue weighted by Crippen LogP contribution is -2.33. The first-order chi connectivity index (χ1) is 9.79. The molecule has 0 bridgehead atoms. The van der Waals surface area contributed by atoms with E-state index in [0.717, 1.165) is 30.1 Å². The molecule has 2 heterocycles. The first-order valence-electron chi connectivity index (χ1n) is 7.30. The van der Waals surface area contributed by atoms with Crippen LogP contribution in [0.4, 0.5) is 0 Å². The van der Waals surface area contributed by atoms with Gasteiger partial charge < -0.3 is 5.32 Å². The van der Waals surface area contributed by atoms with Gasteiger partial charge >= 0.3 is 0 Å². The highest BCUT2D eigenvalue weighted by Gasteiger charge is 2.22. The second-order valence-corrected chi connectivity index (χ2v) is 5.73. The van der Waals surface area contributed by atoms with Gasteiger partial charge in [-0.1, -0.05) is 25.1 Å². The third-order valence-electron chi connectivity index (χ3n) is 4.11. The molecule has 1 unspecified atom stereocenters. The fourth-order valence-electron chi connectivity index (χ4n) is 3.21. The van der Waals surface area contributed by atoms with Crippen molar-refractivity contribution in [3.63, 3.8) is 0 Å². The minimum atomic E-state index is 0.582. The molecule has 104 valence electrons. The molecule has 3 rings (SSSR count). The molecule has 1 fully saturated rings. The predicted molar refractivity (Wildman–Crippen MR) is 84.7 cm³/mol. The third-order valence-corrected chi connectivity index (χ3v) is 4.11. The first kappa shape index (κ1) is 13.3. The molecule has 1 aromatic heterocycles. The molecule has 2 aromatic rings. The fourth-order valence-corrected chi connectivity index (χ4v) is 3.21. The first-order valence-corrected chi connectivity index (χ1v) is 7.30. The highest BCUT2D eigenvalue weighted by atomic mass is 14.9. The Labute approximate surface area is 120 Å². The van der Waals surface area contributed by atoms with Crippen LogP contribution in [0.5, 0.6) is 0 Å². The summed E-state index contributed by atoms with van der Waals surface area (Å²) in [4.78, 5) is 8.70. The van der Waals surface area contributed by atoms with Crippen LogP contribution in [0.15, 0.2) is 35.5 Å². The number of aromatic nitrogens is 1. The molecule has 1 N–H and O–H groups in total. The lowest BCUT2D eigenvalue weighted by Gasteiger charge is -2.29. The Morgan fingerprint density at radius 1 is 1.30 bits per heavy atom. The molecule has 1 aliphatic rings. The van der Waals surface area contributed by atoms with Crippen LogP contribution in [0.2, 0.25) is 0 Å². The quantitative estimate of drug-likeness (QED) is 0.849. The van der Waals surface area contributed by atoms with E-state index in [-0.39, 0.29) is 0 Å². The van der Waals surface area contributed by atoms with E-state index < -0.39 is 0 Å². The van der Waals surface area contributed by atoms with Gasteiger partial charge in [0.05, 0.1) is 5.52 Å². The van der Waals surface area contributed by atoms with Gasteiger partial charge in [-0.15, -0.1) is 0 Å². The summed E-state index contributed by atoms with van der Waals surface area (Å²) < 4.78 is 0. The second-order valence-electron chi connectivity index (χ2n) is 5.73. The number of hydrogen-bond acceptors (Lipinski definition) is 3. The molecule has 1 aliphatic heterocycles.